The van der Waals surface area contributed by atoms with E-state index in [1.165, 1.54) is 22.9 Å². The Hall–Kier alpha value is -5.18. The van der Waals surface area contributed by atoms with Crippen LogP contribution in [0.5, 0.6) is 5.88 Å². The molecule has 2 aromatic heterocycles. The third-order valence-corrected chi connectivity index (χ3v) is 10.1. The number of piperidine rings is 1. The highest BCUT2D eigenvalue weighted by Gasteiger charge is 2.55. The number of aromatic nitrogens is 4. The summed E-state index contributed by atoms with van der Waals surface area (Å²) in [6.45, 7) is 7.26. The topological polar surface area (TPSA) is 147 Å². The summed E-state index contributed by atoms with van der Waals surface area (Å²) in [6, 6.07) is 11.7. The summed E-state index contributed by atoms with van der Waals surface area (Å²) in [7, 11) is 0. The van der Waals surface area contributed by atoms with Gasteiger partial charge in [-0.1, -0.05) is 48.6 Å². The van der Waals surface area contributed by atoms with Crippen LogP contribution < -0.4 is 20.7 Å². The Morgan fingerprint density at radius 3 is 2.49 bits per heavy atom. The van der Waals surface area contributed by atoms with Crippen LogP contribution in [0.25, 0.3) is 5.57 Å². The van der Waals surface area contributed by atoms with E-state index in [4.69, 9.17) is 19.9 Å². The molecule has 15 heteroatoms. The molecule has 4 heterocycles. The number of carbonyl (C=O) groups excluding carboxylic acids is 2. The molecule has 2 fully saturated rings. The number of carbonyl (C=O) groups is 2. The molecule has 282 valence electrons. The van der Waals surface area contributed by atoms with Crippen LogP contribution >= 0.6 is 0 Å². The lowest BCUT2D eigenvalue weighted by Crippen LogP contribution is -2.52. The van der Waals surface area contributed by atoms with Crippen molar-refractivity contribution >= 4 is 29.3 Å². The number of allylic oxidation sites excluding steroid dienone is 4. The van der Waals surface area contributed by atoms with E-state index >= 15 is 13.2 Å². The number of nitrogens with one attached hydrogen (secondary N) is 1. The minimum absolute atomic E-state index is 0.0864. The van der Waals surface area contributed by atoms with Crippen molar-refractivity contribution in [2.24, 2.45) is 11.3 Å². The summed E-state index contributed by atoms with van der Waals surface area (Å²) >= 11 is 0. The van der Waals surface area contributed by atoms with Crippen molar-refractivity contribution in [3.63, 3.8) is 0 Å². The second-order valence-corrected chi connectivity index (χ2v) is 13.6. The Labute approximate surface area is 305 Å². The van der Waals surface area contributed by atoms with Crippen LogP contribution in [0.3, 0.4) is 0 Å². The Bertz CT molecular complexity index is 1870. The fourth-order valence-electron chi connectivity index (χ4n) is 7.41. The van der Waals surface area contributed by atoms with Crippen molar-refractivity contribution in [3.8, 4) is 5.88 Å². The number of anilines is 2. The molecule has 1 aromatic carbocycles. The van der Waals surface area contributed by atoms with Crippen LogP contribution in [-0.2, 0) is 24.6 Å². The molecule has 12 nitrogen and oxygen atoms in total. The zero-order valence-electron chi connectivity index (χ0n) is 29.9. The first kappa shape index (κ1) is 37.6. The normalized spacial score (nSPS) is 23.2. The van der Waals surface area contributed by atoms with Gasteiger partial charge in [0.15, 0.2) is 0 Å². The van der Waals surface area contributed by atoms with Crippen LogP contribution in [0.4, 0.5) is 24.9 Å². The number of alkyl halides is 3. The minimum atomic E-state index is -4.94. The van der Waals surface area contributed by atoms with Gasteiger partial charge in [-0.05, 0) is 68.7 Å². The molecule has 3 aromatic rings. The molecule has 1 spiro atoms. The van der Waals surface area contributed by atoms with E-state index in [9.17, 15) is 9.59 Å². The molecule has 3 N–H and O–H groups in total. The van der Waals surface area contributed by atoms with Crippen molar-refractivity contribution in [3.05, 3.63) is 90.3 Å². The quantitative estimate of drug-likeness (QED) is 0.199. The molecular formula is C38H44F3N7O5. The number of nitrogen functional groups attached to an aromatic ring is 1. The van der Waals surface area contributed by atoms with Crippen molar-refractivity contribution in [1.29, 1.82) is 0 Å². The molecule has 2 saturated heterocycles. The second-order valence-electron chi connectivity index (χ2n) is 13.6. The van der Waals surface area contributed by atoms with Gasteiger partial charge in [0, 0.05) is 38.0 Å². The lowest BCUT2D eigenvalue weighted by Gasteiger charge is -2.42. The highest BCUT2D eigenvalue weighted by Crippen LogP contribution is 2.46. The number of hydrogen-bond acceptors (Lipinski definition) is 11. The van der Waals surface area contributed by atoms with E-state index in [1.807, 2.05) is 11.0 Å². The molecule has 2 unspecified atom stereocenters. The van der Waals surface area contributed by atoms with Gasteiger partial charge < -0.3 is 30.2 Å². The third-order valence-electron chi connectivity index (χ3n) is 10.1. The first-order valence-corrected chi connectivity index (χ1v) is 17.7. The van der Waals surface area contributed by atoms with Crippen molar-refractivity contribution in [1.82, 2.24) is 25.1 Å². The summed E-state index contributed by atoms with van der Waals surface area (Å²) in [5.41, 5.74) is 6.10. The van der Waals surface area contributed by atoms with Crippen LogP contribution in [-0.4, -0.2) is 82.9 Å². The van der Waals surface area contributed by atoms with Crippen molar-refractivity contribution < 1.29 is 37.0 Å². The van der Waals surface area contributed by atoms with E-state index in [-0.39, 0.29) is 35.9 Å². The highest BCUT2D eigenvalue weighted by molar-refractivity contribution is 5.82. The Kier molecular flexibility index (Phi) is 10.9. The number of hydrogen-bond donors (Lipinski definition) is 2. The fourth-order valence-corrected chi connectivity index (χ4v) is 7.41. The molecule has 53 heavy (non-hydrogen) atoms. The summed E-state index contributed by atoms with van der Waals surface area (Å²) in [6.07, 6.45) is 3.50. The number of nitrogens with zero attached hydrogens (tertiary/aromatic N) is 5. The van der Waals surface area contributed by atoms with Gasteiger partial charge in [-0.15, -0.1) is 0 Å². The van der Waals surface area contributed by atoms with Gasteiger partial charge >= 0.3 is 18.1 Å². The van der Waals surface area contributed by atoms with Crippen molar-refractivity contribution in [2.45, 2.75) is 63.9 Å². The fraction of sp³-hybridized carbons (Fsp3) is 0.447. The third kappa shape index (κ3) is 8.24. The number of benzene rings is 1. The molecule has 0 bridgehead atoms. The lowest BCUT2D eigenvalue weighted by atomic mass is 9.74. The van der Waals surface area contributed by atoms with Gasteiger partial charge in [0.05, 0.1) is 24.8 Å². The number of esters is 2. The molecule has 0 radical (unpaired) electrons. The molecule has 3 aliphatic rings. The summed E-state index contributed by atoms with van der Waals surface area (Å²) in [5.74, 6) is -2.76. The second kappa shape index (κ2) is 15.4. The maximum absolute atomic E-state index is 15.5. The van der Waals surface area contributed by atoms with Gasteiger partial charge in [0.2, 0.25) is 17.9 Å². The number of nitrogens with two attached hydrogens (primary N) is 1. The molecular weight excluding hydrogens is 691 g/mol. The van der Waals surface area contributed by atoms with Crippen LogP contribution in [0.2, 0.25) is 0 Å². The van der Waals surface area contributed by atoms with Gasteiger partial charge in [0.25, 0.3) is 0 Å². The Morgan fingerprint density at radius 2 is 1.83 bits per heavy atom. The number of ether oxygens (including phenoxy) is 3. The average molecular weight is 736 g/mol. The zero-order chi connectivity index (χ0) is 37.8. The molecule has 0 saturated carbocycles. The van der Waals surface area contributed by atoms with E-state index in [0.717, 1.165) is 18.9 Å². The molecule has 0 amide bonds. The van der Waals surface area contributed by atoms with E-state index in [2.05, 4.69) is 20.4 Å². The van der Waals surface area contributed by atoms with Crippen LogP contribution in [0.1, 0.15) is 44.4 Å². The van der Waals surface area contributed by atoms with Gasteiger partial charge in [-0.2, -0.15) is 28.2 Å². The number of halogens is 3. The Morgan fingerprint density at radius 1 is 1.09 bits per heavy atom. The van der Waals surface area contributed by atoms with Crippen molar-refractivity contribution in [2.75, 3.05) is 43.5 Å². The first-order valence-electron chi connectivity index (χ1n) is 17.7. The monoisotopic (exact) mass is 735 g/mol. The standard InChI is InChI=1S/C38H44F3N7O5/c1-4-51-32(49)12-15-37(48-18-13-25(3)46-48)14-11-27(26-9-7-6-8-10-26)21-28(37)33(38(39,40)41)53-31-22-30(44-35(42)45-31)47-19-16-36(17-20-47)23-29(43-24-36)34(50)52-5-2/h6-15,18,21-22,28-29,33,43H,4-5,16-17,19-20,23-24H2,1-3H3,(H2,42,44,45)/b15-12+/t28?,29-,33+,37?/m0/s1. The Balaban J connectivity index is 1.35. The van der Waals surface area contributed by atoms with E-state index < -0.39 is 29.7 Å². The van der Waals surface area contributed by atoms with E-state index in [0.29, 0.717) is 55.3 Å². The molecule has 4 atom stereocenters. The van der Waals surface area contributed by atoms with Gasteiger partial charge in [0.1, 0.15) is 17.4 Å². The maximum Gasteiger partial charge on any atom is 0.426 e. The molecule has 6 rings (SSSR count). The summed E-state index contributed by atoms with van der Waals surface area (Å²) in [4.78, 5) is 35.4. The number of aryl methyl sites for hydroxylation is 1. The summed E-state index contributed by atoms with van der Waals surface area (Å²) in [5, 5.41) is 7.81. The first-order chi connectivity index (χ1) is 25.3. The van der Waals surface area contributed by atoms with E-state index in [1.54, 1.807) is 69.5 Å². The highest BCUT2D eigenvalue weighted by atomic mass is 19.4. The SMILES string of the molecule is CCOC(=O)/C=C/C1(n2ccc(C)n2)C=CC(c2ccccc2)=CC1[C@@H](Oc1cc(N2CCC3(CC2)CN[C@H](C(=O)OCC)C3)nc(N)n1)C(F)(F)F. The lowest BCUT2D eigenvalue weighted by molar-refractivity contribution is -0.212. The maximum atomic E-state index is 15.5. The van der Waals surface area contributed by atoms with Crippen LogP contribution in [0, 0.1) is 18.3 Å². The van der Waals surface area contributed by atoms with Crippen LogP contribution in [0.15, 0.2) is 79.0 Å². The summed E-state index contributed by atoms with van der Waals surface area (Å²) < 4.78 is 64.1. The smallest absolute Gasteiger partial charge is 0.426 e. The molecule has 2 aliphatic heterocycles. The van der Waals surface area contributed by atoms with Gasteiger partial charge in [-0.25, -0.2) is 4.79 Å². The minimum Gasteiger partial charge on any atom is -0.465 e. The predicted molar refractivity (Wildman–Crippen MR) is 192 cm³/mol. The average Bonchev–Trinajstić information content (AvgIpc) is 3.77. The largest absolute Gasteiger partial charge is 0.465 e. The number of rotatable bonds is 11. The molecule has 1 aliphatic carbocycles. The predicted octanol–water partition coefficient (Wildman–Crippen LogP) is 5.17. The van der Waals surface area contributed by atoms with Gasteiger partial charge in [-0.3, -0.25) is 9.48 Å². The zero-order valence-corrected chi connectivity index (χ0v) is 29.9.